The van der Waals surface area contributed by atoms with Crippen LogP contribution in [0.4, 0.5) is 17.6 Å². The Bertz CT molecular complexity index is 1370. The fourth-order valence-electron chi connectivity index (χ4n) is 3.84. The summed E-state index contributed by atoms with van der Waals surface area (Å²) in [5, 5.41) is 13.3. The predicted molar refractivity (Wildman–Crippen MR) is 116 cm³/mol. The molecule has 0 fully saturated rings. The van der Waals surface area contributed by atoms with E-state index < -0.39 is 35.3 Å². The maximum Gasteiger partial charge on any atom is 0.451 e. The fourth-order valence-corrected chi connectivity index (χ4v) is 3.84. The van der Waals surface area contributed by atoms with Gasteiger partial charge in [-0.05, 0) is 30.7 Å². The number of hydrogen-bond acceptors (Lipinski definition) is 5. The van der Waals surface area contributed by atoms with Crippen molar-refractivity contribution in [1.29, 1.82) is 0 Å². The van der Waals surface area contributed by atoms with Gasteiger partial charge in [0.25, 0.3) is 11.5 Å². The van der Waals surface area contributed by atoms with Crippen molar-refractivity contribution in [2.24, 2.45) is 0 Å². The van der Waals surface area contributed by atoms with Crippen molar-refractivity contribution in [3.63, 3.8) is 0 Å². The number of hydrogen-bond donors (Lipinski definition) is 1. The van der Waals surface area contributed by atoms with Gasteiger partial charge in [-0.15, -0.1) is 10.2 Å². The lowest BCUT2D eigenvalue weighted by molar-refractivity contribution is -0.148. The minimum absolute atomic E-state index is 0.0279. The van der Waals surface area contributed by atoms with Crippen molar-refractivity contribution in [3.05, 3.63) is 99.2 Å². The minimum atomic E-state index is -4.68. The van der Waals surface area contributed by atoms with E-state index in [0.717, 1.165) is 10.6 Å². The van der Waals surface area contributed by atoms with Crippen LogP contribution in [0.1, 0.15) is 46.2 Å². The first kappa shape index (κ1) is 24.0. The molecule has 2 aromatic heterocycles. The number of H-pyrrole nitrogens is 1. The van der Waals surface area contributed by atoms with E-state index in [-0.39, 0.29) is 30.9 Å². The molecule has 1 atom stereocenters. The van der Waals surface area contributed by atoms with Crippen LogP contribution < -0.4 is 5.56 Å². The van der Waals surface area contributed by atoms with Gasteiger partial charge in [0.15, 0.2) is 5.82 Å². The second-order valence-corrected chi connectivity index (χ2v) is 8.02. The normalized spacial score (nSPS) is 15.3. The molecule has 1 unspecified atom stereocenters. The van der Waals surface area contributed by atoms with Crippen molar-refractivity contribution in [3.8, 4) is 0 Å². The molecule has 1 N–H and O–H groups in total. The number of nitrogens with one attached hydrogen (secondary N) is 1. The van der Waals surface area contributed by atoms with Gasteiger partial charge < -0.3 is 9.47 Å². The summed E-state index contributed by atoms with van der Waals surface area (Å²) in [4.78, 5) is 26.1. The molecule has 12 heteroatoms. The number of halogens is 4. The molecule has 1 amide bonds. The lowest BCUT2D eigenvalue weighted by Crippen LogP contribution is -2.41. The van der Waals surface area contributed by atoms with Gasteiger partial charge >= 0.3 is 6.18 Å². The van der Waals surface area contributed by atoms with Gasteiger partial charge in [-0.2, -0.15) is 18.3 Å². The standard InChI is InChI=1S/C23H20F4N6O2/c1-14-12-32(13-19-29-31-22(33(14)19)23(25,26)27)21(35)17-11-15(8-9-18(17)24)10-16-6-4-2-3-5-7-20(34)30-28-16/h2-9,11,14H,10,12-13H2,1H3,(H,30,34). The largest absolute Gasteiger partial charge is 0.451 e. The molecule has 0 saturated heterocycles. The van der Waals surface area contributed by atoms with Gasteiger partial charge in [0.05, 0.1) is 23.8 Å². The highest BCUT2D eigenvalue weighted by molar-refractivity contribution is 5.94. The monoisotopic (exact) mass is 488 g/mol. The number of rotatable bonds is 3. The molecule has 0 aliphatic carbocycles. The van der Waals surface area contributed by atoms with Gasteiger partial charge in [-0.3, -0.25) is 9.59 Å². The lowest BCUT2D eigenvalue weighted by atomic mass is 10.0. The lowest BCUT2D eigenvalue weighted by Gasteiger charge is -2.32. The molecular weight excluding hydrogens is 468 g/mol. The van der Waals surface area contributed by atoms with Crippen molar-refractivity contribution < 1.29 is 22.4 Å². The minimum Gasteiger partial charge on any atom is -0.329 e. The summed E-state index contributed by atoms with van der Waals surface area (Å²) in [6.07, 6.45) is -4.49. The highest BCUT2D eigenvalue weighted by Gasteiger charge is 2.42. The van der Waals surface area contributed by atoms with Crippen LogP contribution in [-0.4, -0.2) is 42.3 Å². The van der Waals surface area contributed by atoms with E-state index in [0.29, 0.717) is 11.3 Å². The number of aromatic amines is 1. The zero-order valence-corrected chi connectivity index (χ0v) is 18.5. The molecule has 1 aliphatic rings. The van der Waals surface area contributed by atoms with Gasteiger partial charge in [-0.1, -0.05) is 30.3 Å². The van der Waals surface area contributed by atoms with E-state index in [1.54, 1.807) is 30.3 Å². The Hall–Kier alpha value is -4.09. The van der Waals surface area contributed by atoms with Gasteiger partial charge in [0.1, 0.15) is 5.82 Å². The highest BCUT2D eigenvalue weighted by Crippen LogP contribution is 2.33. The number of alkyl halides is 3. The van der Waals surface area contributed by atoms with Crippen LogP contribution in [-0.2, 0) is 19.1 Å². The predicted octanol–water partition coefficient (Wildman–Crippen LogP) is 3.45. The average molecular weight is 488 g/mol. The third kappa shape index (κ3) is 5.36. The van der Waals surface area contributed by atoms with Crippen molar-refractivity contribution >= 4 is 5.91 Å². The van der Waals surface area contributed by atoms with Crippen LogP contribution in [0.2, 0.25) is 0 Å². The Balaban J connectivity index is 1.61. The molecule has 1 aliphatic heterocycles. The molecule has 4 rings (SSSR count). The van der Waals surface area contributed by atoms with Gasteiger partial charge in [0, 0.05) is 19.0 Å². The Morgan fingerprint density at radius 3 is 2.60 bits per heavy atom. The number of carbonyl (C=O) groups is 1. The molecule has 3 heterocycles. The number of fused-ring (bicyclic) bond motifs is 1. The van der Waals surface area contributed by atoms with E-state index in [2.05, 4.69) is 20.4 Å². The zero-order valence-electron chi connectivity index (χ0n) is 18.5. The first-order valence-corrected chi connectivity index (χ1v) is 10.6. The van der Waals surface area contributed by atoms with Crippen LogP contribution in [0, 0.1) is 5.82 Å². The summed E-state index contributed by atoms with van der Waals surface area (Å²) in [5.74, 6) is -2.60. The molecule has 0 spiro atoms. The first-order chi connectivity index (χ1) is 16.6. The molecule has 1 aromatic carbocycles. The van der Waals surface area contributed by atoms with Crippen LogP contribution in [0.5, 0.6) is 0 Å². The number of aromatic nitrogens is 5. The van der Waals surface area contributed by atoms with Crippen LogP contribution >= 0.6 is 0 Å². The SMILES string of the molecule is CC1CN(C(=O)c2cc(Cc3ccccccc(=O)[nH]n3)ccc2F)Cc2nnc(C(F)(F)F)n21. The third-order valence-corrected chi connectivity index (χ3v) is 5.39. The van der Waals surface area contributed by atoms with E-state index in [4.69, 9.17) is 0 Å². The molecule has 8 nitrogen and oxygen atoms in total. The Morgan fingerprint density at radius 1 is 1.11 bits per heavy atom. The summed E-state index contributed by atoms with van der Waals surface area (Å²) in [7, 11) is 0. The molecule has 3 aromatic rings. The summed E-state index contributed by atoms with van der Waals surface area (Å²) in [6.45, 7) is 1.20. The third-order valence-electron chi connectivity index (χ3n) is 5.39. The van der Waals surface area contributed by atoms with E-state index in [1.807, 2.05) is 0 Å². The summed E-state index contributed by atoms with van der Waals surface area (Å²) >= 11 is 0. The maximum atomic E-state index is 14.6. The fraction of sp³-hybridized carbons (Fsp3) is 0.261. The highest BCUT2D eigenvalue weighted by atomic mass is 19.4. The van der Waals surface area contributed by atoms with Crippen LogP contribution in [0.15, 0.2) is 59.4 Å². The second-order valence-electron chi connectivity index (χ2n) is 8.02. The Kier molecular flexibility index (Phi) is 6.63. The van der Waals surface area contributed by atoms with Gasteiger partial charge in [0.2, 0.25) is 5.82 Å². The molecular formula is C23H20F4N6O2. The molecule has 0 bridgehead atoms. The summed E-state index contributed by atoms with van der Waals surface area (Å²) < 4.78 is 55.2. The smallest absolute Gasteiger partial charge is 0.329 e. The van der Waals surface area contributed by atoms with E-state index in [1.165, 1.54) is 30.0 Å². The van der Waals surface area contributed by atoms with Crippen molar-refractivity contribution in [2.75, 3.05) is 6.54 Å². The summed E-state index contributed by atoms with van der Waals surface area (Å²) in [5.41, 5.74) is 0.368. The number of carbonyl (C=O) groups excluding carboxylic acids is 1. The maximum absolute atomic E-state index is 14.6. The second kappa shape index (κ2) is 9.65. The van der Waals surface area contributed by atoms with Crippen LogP contribution in [0.25, 0.3) is 0 Å². The Morgan fingerprint density at radius 2 is 1.86 bits per heavy atom. The number of benzene rings is 1. The molecule has 35 heavy (non-hydrogen) atoms. The zero-order chi connectivity index (χ0) is 25.2. The molecule has 0 radical (unpaired) electrons. The topological polar surface area (TPSA) is 96.8 Å². The van der Waals surface area contributed by atoms with Crippen LogP contribution in [0.3, 0.4) is 0 Å². The van der Waals surface area contributed by atoms with Crippen molar-refractivity contribution in [1.82, 2.24) is 29.9 Å². The van der Waals surface area contributed by atoms with E-state index in [9.17, 15) is 27.2 Å². The number of nitrogens with zero attached hydrogens (tertiary/aromatic N) is 5. The first-order valence-electron chi connectivity index (χ1n) is 10.6. The average Bonchev–Trinajstić information content (AvgIpc) is 3.25. The van der Waals surface area contributed by atoms with Gasteiger partial charge in [-0.25, -0.2) is 9.49 Å². The Labute approximate surface area is 196 Å². The molecule has 182 valence electrons. The van der Waals surface area contributed by atoms with E-state index >= 15 is 0 Å². The summed E-state index contributed by atoms with van der Waals surface area (Å²) in [6, 6.07) is 12.9. The number of amides is 1. The molecule has 0 saturated carbocycles. The quantitative estimate of drug-likeness (QED) is 0.570. The van der Waals surface area contributed by atoms with Crippen molar-refractivity contribution in [2.45, 2.75) is 32.1 Å².